The number of rotatable bonds is 3. The van der Waals surface area contributed by atoms with Gasteiger partial charge in [0.05, 0.1) is 18.6 Å². The van der Waals surface area contributed by atoms with Crippen LogP contribution in [0.4, 0.5) is 0 Å². The van der Waals surface area contributed by atoms with Gasteiger partial charge in [-0.05, 0) is 32.2 Å². The third-order valence-corrected chi connectivity index (χ3v) is 3.78. The second kappa shape index (κ2) is 5.80. The normalized spacial score (nSPS) is 29.3. The highest BCUT2D eigenvalue weighted by molar-refractivity contribution is 4.96. The summed E-state index contributed by atoms with van der Waals surface area (Å²) in [6.45, 7) is 1.93. The Morgan fingerprint density at radius 3 is 3.06 bits per heavy atom. The molecule has 100 valence electrons. The molecule has 2 fully saturated rings. The van der Waals surface area contributed by atoms with Gasteiger partial charge in [-0.15, -0.1) is 0 Å². The fraction of sp³-hybridized carbons (Fsp3) is 0.846. The fourth-order valence-corrected chi connectivity index (χ4v) is 2.74. The Balaban J connectivity index is 1.60. The van der Waals surface area contributed by atoms with E-state index in [0.717, 1.165) is 50.6 Å². The van der Waals surface area contributed by atoms with Gasteiger partial charge in [-0.2, -0.15) is 4.98 Å². The summed E-state index contributed by atoms with van der Waals surface area (Å²) in [5, 5.41) is 7.61. The molecule has 0 saturated carbocycles. The van der Waals surface area contributed by atoms with Gasteiger partial charge in [0, 0.05) is 6.61 Å². The number of ether oxygens (including phenoxy) is 1. The summed E-state index contributed by atoms with van der Waals surface area (Å²) >= 11 is 0. The van der Waals surface area contributed by atoms with Crippen LogP contribution < -0.4 is 5.32 Å². The van der Waals surface area contributed by atoms with Gasteiger partial charge < -0.3 is 14.6 Å². The first-order valence-corrected chi connectivity index (χ1v) is 7.09. The molecule has 2 aliphatic heterocycles. The van der Waals surface area contributed by atoms with E-state index in [2.05, 4.69) is 15.5 Å². The lowest BCUT2D eigenvalue weighted by Gasteiger charge is -2.10. The number of hydrogen-bond donors (Lipinski definition) is 1. The first kappa shape index (κ1) is 12.1. The number of hydrogen-bond acceptors (Lipinski definition) is 5. The zero-order valence-corrected chi connectivity index (χ0v) is 10.7. The maximum atomic E-state index is 5.59. The lowest BCUT2D eigenvalue weighted by molar-refractivity contribution is 0.104. The highest BCUT2D eigenvalue weighted by Crippen LogP contribution is 2.22. The van der Waals surface area contributed by atoms with E-state index in [1.807, 2.05) is 0 Å². The van der Waals surface area contributed by atoms with Crippen LogP contribution in [0.3, 0.4) is 0 Å². The van der Waals surface area contributed by atoms with Gasteiger partial charge in [-0.3, -0.25) is 0 Å². The summed E-state index contributed by atoms with van der Waals surface area (Å²) in [5.74, 6) is 1.55. The highest BCUT2D eigenvalue weighted by Gasteiger charge is 2.22. The van der Waals surface area contributed by atoms with Crippen LogP contribution in [0.5, 0.6) is 0 Å². The summed E-state index contributed by atoms with van der Waals surface area (Å²) in [6, 6.07) is 0.273. The quantitative estimate of drug-likeness (QED) is 0.890. The van der Waals surface area contributed by atoms with Crippen LogP contribution in [0.25, 0.3) is 0 Å². The van der Waals surface area contributed by atoms with Gasteiger partial charge in [-0.25, -0.2) is 0 Å². The Bertz CT molecular complexity index is 366. The van der Waals surface area contributed by atoms with Crippen molar-refractivity contribution in [3.05, 3.63) is 11.7 Å². The van der Waals surface area contributed by atoms with Crippen LogP contribution in [0.2, 0.25) is 0 Å². The predicted octanol–water partition coefficient (Wildman–Crippen LogP) is 2.00. The monoisotopic (exact) mass is 251 g/mol. The van der Waals surface area contributed by atoms with Gasteiger partial charge in [0.1, 0.15) is 0 Å². The van der Waals surface area contributed by atoms with E-state index < -0.39 is 0 Å². The zero-order chi connectivity index (χ0) is 12.2. The van der Waals surface area contributed by atoms with E-state index in [9.17, 15) is 0 Å². The first-order chi connectivity index (χ1) is 8.92. The number of nitrogens with one attached hydrogen (secondary N) is 1. The largest absolute Gasteiger partial charge is 0.378 e. The molecule has 0 spiro atoms. The van der Waals surface area contributed by atoms with Crippen LogP contribution >= 0.6 is 0 Å². The molecular formula is C13H21N3O2. The van der Waals surface area contributed by atoms with Crippen LogP contribution in [0.1, 0.15) is 56.3 Å². The second-order valence-corrected chi connectivity index (χ2v) is 5.24. The Labute approximate surface area is 107 Å². The summed E-state index contributed by atoms with van der Waals surface area (Å²) in [7, 11) is 0. The Morgan fingerprint density at radius 1 is 1.17 bits per heavy atom. The SMILES string of the molecule is C1CCNC(c2noc(CC3CCCO3)n2)CC1. The average molecular weight is 251 g/mol. The number of nitrogens with zero attached hydrogens (tertiary/aromatic N) is 2. The maximum Gasteiger partial charge on any atom is 0.229 e. The summed E-state index contributed by atoms with van der Waals surface area (Å²) in [4.78, 5) is 4.52. The third kappa shape index (κ3) is 2.90. The molecule has 0 radical (unpaired) electrons. The van der Waals surface area contributed by atoms with Crippen molar-refractivity contribution in [2.45, 2.75) is 57.1 Å². The molecule has 2 unspecified atom stereocenters. The minimum absolute atomic E-state index is 0.273. The van der Waals surface area contributed by atoms with Crippen LogP contribution in [-0.4, -0.2) is 29.4 Å². The molecule has 5 heteroatoms. The Kier molecular flexibility index (Phi) is 3.90. The molecule has 0 amide bonds. The van der Waals surface area contributed by atoms with Crippen molar-refractivity contribution in [3.63, 3.8) is 0 Å². The molecule has 3 rings (SSSR count). The van der Waals surface area contributed by atoms with Crippen molar-refractivity contribution in [1.82, 2.24) is 15.5 Å². The van der Waals surface area contributed by atoms with Crippen LogP contribution in [-0.2, 0) is 11.2 Å². The van der Waals surface area contributed by atoms with Gasteiger partial charge in [0.15, 0.2) is 5.82 Å². The van der Waals surface area contributed by atoms with Gasteiger partial charge >= 0.3 is 0 Å². The van der Waals surface area contributed by atoms with Crippen molar-refractivity contribution in [1.29, 1.82) is 0 Å². The van der Waals surface area contributed by atoms with Crippen molar-refractivity contribution in [2.75, 3.05) is 13.2 Å². The van der Waals surface area contributed by atoms with E-state index in [1.54, 1.807) is 0 Å². The van der Waals surface area contributed by atoms with E-state index in [4.69, 9.17) is 9.26 Å². The molecule has 3 heterocycles. The molecule has 1 aromatic rings. The molecular weight excluding hydrogens is 230 g/mol. The van der Waals surface area contributed by atoms with E-state index in [0.29, 0.717) is 0 Å². The van der Waals surface area contributed by atoms with Crippen LogP contribution in [0.15, 0.2) is 4.52 Å². The summed E-state index contributed by atoms with van der Waals surface area (Å²) < 4.78 is 10.9. The minimum Gasteiger partial charge on any atom is -0.378 e. The molecule has 1 N–H and O–H groups in total. The van der Waals surface area contributed by atoms with Crippen molar-refractivity contribution >= 4 is 0 Å². The Morgan fingerprint density at radius 2 is 2.17 bits per heavy atom. The van der Waals surface area contributed by atoms with Gasteiger partial charge in [-0.1, -0.05) is 18.0 Å². The average Bonchev–Trinajstić information content (AvgIpc) is 2.97. The van der Waals surface area contributed by atoms with E-state index >= 15 is 0 Å². The maximum absolute atomic E-state index is 5.59. The lowest BCUT2D eigenvalue weighted by atomic mass is 10.1. The first-order valence-electron chi connectivity index (χ1n) is 7.09. The molecule has 0 bridgehead atoms. The fourth-order valence-electron chi connectivity index (χ4n) is 2.74. The lowest BCUT2D eigenvalue weighted by Crippen LogP contribution is -2.21. The van der Waals surface area contributed by atoms with Crippen molar-refractivity contribution in [3.8, 4) is 0 Å². The smallest absolute Gasteiger partial charge is 0.229 e. The summed E-state index contributed by atoms with van der Waals surface area (Å²) in [5.41, 5.74) is 0. The van der Waals surface area contributed by atoms with Gasteiger partial charge in [0.2, 0.25) is 5.89 Å². The molecule has 0 aliphatic carbocycles. The molecule has 18 heavy (non-hydrogen) atoms. The Hall–Kier alpha value is -0.940. The summed E-state index contributed by atoms with van der Waals surface area (Å²) in [6.07, 6.45) is 8.20. The highest BCUT2D eigenvalue weighted by atomic mass is 16.5. The van der Waals surface area contributed by atoms with Crippen molar-refractivity contribution in [2.24, 2.45) is 0 Å². The molecule has 2 saturated heterocycles. The third-order valence-electron chi connectivity index (χ3n) is 3.78. The molecule has 5 nitrogen and oxygen atoms in total. The molecule has 0 aromatic carbocycles. The van der Waals surface area contributed by atoms with E-state index in [-0.39, 0.29) is 12.1 Å². The topological polar surface area (TPSA) is 60.2 Å². The predicted molar refractivity (Wildman–Crippen MR) is 66.2 cm³/mol. The molecule has 1 aromatic heterocycles. The van der Waals surface area contributed by atoms with Crippen LogP contribution in [0, 0.1) is 0 Å². The molecule has 2 aliphatic rings. The van der Waals surface area contributed by atoms with E-state index in [1.165, 1.54) is 19.3 Å². The second-order valence-electron chi connectivity index (χ2n) is 5.24. The minimum atomic E-state index is 0.273. The molecule has 2 atom stereocenters. The van der Waals surface area contributed by atoms with Gasteiger partial charge in [0.25, 0.3) is 0 Å². The van der Waals surface area contributed by atoms with Crippen molar-refractivity contribution < 1.29 is 9.26 Å². The number of aromatic nitrogens is 2. The zero-order valence-electron chi connectivity index (χ0n) is 10.7. The standard InChI is InChI=1S/C13H21N3O2/c1-2-6-11(14-7-3-1)13-15-12(18-16-13)9-10-5-4-8-17-10/h10-11,14H,1-9H2.